The molecule has 0 amide bonds. The summed E-state index contributed by atoms with van der Waals surface area (Å²) in [5, 5.41) is 2.93. The summed E-state index contributed by atoms with van der Waals surface area (Å²) in [6.07, 6.45) is 0. The Kier molecular flexibility index (Phi) is 6.58. The van der Waals surface area contributed by atoms with Crippen LogP contribution in [-0.4, -0.2) is 14.1 Å². The third kappa shape index (κ3) is 4.62. The Hall–Kier alpha value is -6.52. The van der Waals surface area contributed by atoms with Crippen molar-refractivity contribution < 1.29 is 0 Å². The fraction of sp³-hybridized carbons (Fsp3) is 0. The summed E-state index contributed by atoms with van der Waals surface area (Å²) in [4.78, 5) is 19.7. The molecule has 2 heterocycles. The van der Waals surface area contributed by atoms with Crippen LogP contribution in [-0.2, 0) is 0 Å². The van der Waals surface area contributed by atoms with E-state index >= 15 is 0 Å². The van der Waals surface area contributed by atoms with Gasteiger partial charge in [-0.3, -0.25) is 9.36 Å². The summed E-state index contributed by atoms with van der Waals surface area (Å²) in [5.74, 6) is 0.612. The standard InChI is InChI=1S/C44H29N3O/c48-44-39-29-33(34-24-26-42-38(28-34)37-21-10-11-22-41(37)46(42)35-18-8-3-9-19-35)23-25-40(39)45-43(31-15-6-2-7-16-31)47(44)36-20-12-17-32(27-36)30-13-4-1-5-14-30/h1-29H. The lowest BCUT2D eigenvalue weighted by molar-refractivity contribution is 0.976. The van der Waals surface area contributed by atoms with Crippen molar-refractivity contribution in [3.05, 3.63) is 186 Å². The lowest BCUT2D eigenvalue weighted by atomic mass is 10.0. The van der Waals surface area contributed by atoms with Gasteiger partial charge in [0.15, 0.2) is 0 Å². The summed E-state index contributed by atoms with van der Waals surface area (Å²) >= 11 is 0. The second-order valence-electron chi connectivity index (χ2n) is 12.0. The van der Waals surface area contributed by atoms with Gasteiger partial charge in [-0.25, -0.2) is 4.98 Å². The number of fused-ring (bicyclic) bond motifs is 4. The normalized spacial score (nSPS) is 11.4. The maximum absolute atomic E-state index is 14.6. The van der Waals surface area contributed by atoms with E-state index in [4.69, 9.17) is 4.98 Å². The Morgan fingerprint density at radius 2 is 0.938 bits per heavy atom. The fourth-order valence-corrected chi connectivity index (χ4v) is 6.85. The van der Waals surface area contributed by atoms with Crippen LogP contribution in [0, 0.1) is 0 Å². The summed E-state index contributed by atoms with van der Waals surface area (Å²) in [6, 6.07) is 59.9. The Labute approximate surface area is 277 Å². The molecule has 4 nitrogen and oxygen atoms in total. The van der Waals surface area contributed by atoms with Crippen LogP contribution in [0.2, 0.25) is 0 Å². The minimum atomic E-state index is -0.104. The Morgan fingerprint density at radius 3 is 1.71 bits per heavy atom. The Morgan fingerprint density at radius 1 is 0.375 bits per heavy atom. The summed E-state index contributed by atoms with van der Waals surface area (Å²) in [6.45, 7) is 0. The molecule has 0 unspecified atom stereocenters. The summed E-state index contributed by atoms with van der Waals surface area (Å²) < 4.78 is 4.07. The van der Waals surface area contributed by atoms with Crippen LogP contribution in [0.4, 0.5) is 0 Å². The zero-order chi connectivity index (χ0) is 32.0. The van der Waals surface area contributed by atoms with Crippen LogP contribution in [0.15, 0.2) is 181 Å². The minimum absolute atomic E-state index is 0.104. The van der Waals surface area contributed by atoms with Crippen molar-refractivity contribution in [3.63, 3.8) is 0 Å². The first-order valence-corrected chi connectivity index (χ1v) is 16.1. The lowest BCUT2D eigenvalue weighted by Crippen LogP contribution is -2.22. The smallest absolute Gasteiger partial charge is 0.266 e. The predicted molar refractivity (Wildman–Crippen MR) is 198 cm³/mol. The van der Waals surface area contributed by atoms with Crippen LogP contribution in [0.1, 0.15) is 0 Å². The van der Waals surface area contributed by atoms with Crippen LogP contribution in [0.3, 0.4) is 0 Å². The van der Waals surface area contributed by atoms with E-state index in [1.807, 2.05) is 78.9 Å². The quantitative estimate of drug-likeness (QED) is 0.193. The molecule has 2 aromatic heterocycles. The van der Waals surface area contributed by atoms with Gasteiger partial charge in [-0.05, 0) is 76.9 Å². The van der Waals surface area contributed by atoms with Crippen LogP contribution in [0.25, 0.3) is 77.7 Å². The first kappa shape index (κ1) is 27.8. The van der Waals surface area contributed by atoms with Crippen molar-refractivity contribution >= 4 is 32.7 Å². The highest BCUT2D eigenvalue weighted by molar-refractivity contribution is 6.10. The van der Waals surface area contributed by atoms with E-state index in [9.17, 15) is 4.79 Å². The molecule has 7 aromatic carbocycles. The van der Waals surface area contributed by atoms with Crippen LogP contribution < -0.4 is 5.56 Å². The molecule has 0 atom stereocenters. The largest absolute Gasteiger partial charge is 0.309 e. The van der Waals surface area contributed by atoms with E-state index in [1.165, 1.54) is 10.8 Å². The zero-order valence-electron chi connectivity index (χ0n) is 26.0. The molecular formula is C44H29N3O. The van der Waals surface area contributed by atoms with Gasteiger partial charge < -0.3 is 4.57 Å². The molecule has 0 radical (unpaired) electrons. The molecule has 0 aliphatic heterocycles. The van der Waals surface area contributed by atoms with Gasteiger partial charge in [0.05, 0.1) is 27.6 Å². The van der Waals surface area contributed by atoms with E-state index in [-0.39, 0.29) is 5.56 Å². The number of rotatable bonds is 5. The predicted octanol–water partition coefficient (Wildman–Crippen LogP) is 10.5. The number of aromatic nitrogens is 3. The fourth-order valence-electron chi connectivity index (χ4n) is 6.85. The van der Waals surface area contributed by atoms with Crippen molar-refractivity contribution in [2.45, 2.75) is 0 Å². The second-order valence-corrected chi connectivity index (χ2v) is 12.0. The maximum atomic E-state index is 14.6. The van der Waals surface area contributed by atoms with E-state index < -0.39 is 0 Å². The molecule has 48 heavy (non-hydrogen) atoms. The summed E-state index contributed by atoms with van der Waals surface area (Å²) in [5.41, 5.74) is 9.79. The third-order valence-corrected chi connectivity index (χ3v) is 9.13. The molecule has 9 rings (SSSR count). The number of nitrogens with zero attached hydrogens (tertiary/aromatic N) is 3. The SMILES string of the molecule is O=c1c2cc(-c3ccc4c(c3)c3ccccc3n4-c3ccccc3)ccc2nc(-c2ccccc2)n1-c1cccc(-c2ccccc2)c1. The van der Waals surface area contributed by atoms with Gasteiger partial charge in [-0.2, -0.15) is 0 Å². The Balaban J connectivity index is 1.24. The molecular weight excluding hydrogens is 587 g/mol. The average Bonchev–Trinajstić information content (AvgIpc) is 3.49. The molecule has 0 spiro atoms. The summed E-state index contributed by atoms with van der Waals surface area (Å²) in [7, 11) is 0. The van der Waals surface area contributed by atoms with Crippen LogP contribution >= 0.6 is 0 Å². The van der Waals surface area contributed by atoms with Gasteiger partial charge in [0, 0.05) is 22.0 Å². The lowest BCUT2D eigenvalue weighted by Gasteiger charge is -2.15. The molecule has 0 N–H and O–H groups in total. The van der Waals surface area contributed by atoms with Crippen molar-refractivity contribution in [1.29, 1.82) is 0 Å². The van der Waals surface area contributed by atoms with Crippen molar-refractivity contribution in [3.8, 4) is 45.0 Å². The number of para-hydroxylation sites is 2. The molecule has 0 aliphatic rings. The van der Waals surface area contributed by atoms with Gasteiger partial charge in [-0.15, -0.1) is 0 Å². The molecule has 4 heteroatoms. The first-order chi connectivity index (χ1) is 23.7. The van der Waals surface area contributed by atoms with Crippen LogP contribution in [0.5, 0.6) is 0 Å². The van der Waals surface area contributed by atoms with E-state index in [0.717, 1.165) is 50.2 Å². The van der Waals surface area contributed by atoms with Gasteiger partial charge in [-0.1, -0.05) is 121 Å². The molecule has 9 aromatic rings. The molecule has 0 fully saturated rings. The maximum Gasteiger partial charge on any atom is 0.266 e. The highest BCUT2D eigenvalue weighted by Crippen LogP contribution is 2.35. The van der Waals surface area contributed by atoms with Crippen molar-refractivity contribution in [2.24, 2.45) is 0 Å². The minimum Gasteiger partial charge on any atom is -0.309 e. The molecule has 0 aliphatic carbocycles. The molecule has 226 valence electrons. The van der Waals surface area contributed by atoms with E-state index in [0.29, 0.717) is 16.7 Å². The third-order valence-electron chi connectivity index (χ3n) is 9.13. The van der Waals surface area contributed by atoms with Gasteiger partial charge in [0.1, 0.15) is 5.82 Å². The molecule has 0 bridgehead atoms. The Bertz CT molecular complexity index is 2670. The highest BCUT2D eigenvalue weighted by Gasteiger charge is 2.17. The average molecular weight is 616 g/mol. The number of hydrogen-bond acceptors (Lipinski definition) is 2. The molecule has 0 saturated heterocycles. The van der Waals surface area contributed by atoms with Crippen molar-refractivity contribution in [2.75, 3.05) is 0 Å². The van der Waals surface area contributed by atoms with E-state index in [2.05, 4.69) is 102 Å². The second kappa shape index (κ2) is 11.4. The van der Waals surface area contributed by atoms with Gasteiger partial charge in [0.2, 0.25) is 0 Å². The van der Waals surface area contributed by atoms with Crippen molar-refractivity contribution in [1.82, 2.24) is 14.1 Å². The first-order valence-electron chi connectivity index (χ1n) is 16.1. The number of hydrogen-bond donors (Lipinski definition) is 0. The van der Waals surface area contributed by atoms with Gasteiger partial charge in [0.25, 0.3) is 5.56 Å². The monoisotopic (exact) mass is 615 g/mol. The highest BCUT2D eigenvalue weighted by atomic mass is 16.1. The number of benzene rings is 7. The van der Waals surface area contributed by atoms with Gasteiger partial charge >= 0.3 is 0 Å². The molecule has 0 saturated carbocycles. The zero-order valence-corrected chi connectivity index (χ0v) is 26.0. The topological polar surface area (TPSA) is 39.8 Å². The van der Waals surface area contributed by atoms with E-state index in [1.54, 1.807) is 4.57 Å².